The van der Waals surface area contributed by atoms with Gasteiger partial charge in [-0.15, -0.1) is 0 Å². The Labute approximate surface area is 117 Å². The summed E-state index contributed by atoms with van der Waals surface area (Å²) < 4.78 is 29.4. The predicted octanol–water partition coefficient (Wildman–Crippen LogP) is 3.02. The van der Waals surface area contributed by atoms with Crippen LogP contribution in [0, 0.1) is 13.8 Å². The standard InChI is InChI=1S/C13H17BrO3S/c1-9-6-11(7-10(2)12(9)14)17-8-13(4-5-13)18(3,15)16/h6-7H,4-5,8H2,1-3H3. The van der Waals surface area contributed by atoms with Crippen LogP contribution in [-0.4, -0.2) is 26.0 Å². The fourth-order valence-electron chi connectivity index (χ4n) is 1.97. The molecule has 1 fully saturated rings. The molecule has 0 saturated heterocycles. The molecule has 0 unspecified atom stereocenters. The number of benzene rings is 1. The van der Waals surface area contributed by atoms with E-state index in [1.165, 1.54) is 6.26 Å². The van der Waals surface area contributed by atoms with Crippen molar-refractivity contribution in [1.29, 1.82) is 0 Å². The van der Waals surface area contributed by atoms with Gasteiger partial charge in [-0.25, -0.2) is 8.42 Å². The lowest BCUT2D eigenvalue weighted by molar-refractivity contribution is 0.306. The van der Waals surface area contributed by atoms with E-state index in [0.717, 1.165) is 21.3 Å². The Kier molecular flexibility index (Phi) is 3.49. The number of halogens is 1. The summed E-state index contributed by atoms with van der Waals surface area (Å²) in [6.45, 7) is 4.24. The predicted molar refractivity (Wildman–Crippen MR) is 75.9 cm³/mol. The SMILES string of the molecule is Cc1cc(OCC2(S(C)(=O)=O)CC2)cc(C)c1Br. The molecule has 0 amide bonds. The van der Waals surface area contributed by atoms with Crippen LogP contribution in [0.5, 0.6) is 5.75 Å². The van der Waals surface area contributed by atoms with Crippen LogP contribution in [-0.2, 0) is 9.84 Å². The second kappa shape index (κ2) is 4.53. The van der Waals surface area contributed by atoms with Crippen LogP contribution in [0.2, 0.25) is 0 Å². The smallest absolute Gasteiger partial charge is 0.156 e. The van der Waals surface area contributed by atoms with Gasteiger partial charge in [0.2, 0.25) is 0 Å². The Morgan fingerprint density at radius 3 is 2.17 bits per heavy atom. The second-order valence-electron chi connectivity index (χ2n) is 5.11. The summed E-state index contributed by atoms with van der Waals surface area (Å²) in [6, 6.07) is 3.85. The van der Waals surface area contributed by atoms with Crippen LogP contribution >= 0.6 is 15.9 Å². The summed E-state index contributed by atoms with van der Waals surface area (Å²) in [5.41, 5.74) is 2.18. The monoisotopic (exact) mass is 332 g/mol. The van der Waals surface area contributed by atoms with E-state index in [9.17, 15) is 8.42 Å². The fraction of sp³-hybridized carbons (Fsp3) is 0.538. The summed E-state index contributed by atoms with van der Waals surface area (Å²) in [4.78, 5) is 0. The molecule has 0 heterocycles. The van der Waals surface area contributed by atoms with Gasteiger partial charge < -0.3 is 4.74 Å². The minimum absolute atomic E-state index is 0.256. The first-order chi connectivity index (χ1) is 8.25. The van der Waals surface area contributed by atoms with E-state index in [4.69, 9.17) is 4.74 Å². The number of aryl methyl sites for hydroxylation is 2. The molecular formula is C13H17BrO3S. The molecule has 1 saturated carbocycles. The number of rotatable bonds is 4. The van der Waals surface area contributed by atoms with Crippen molar-refractivity contribution < 1.29 is 13.2 Å². The van der Waals surface area contributed by atoms with Gasteiger partial charge in [-0.1, -0.05) is 15.9 Å². The van der Waals surface area contributed by atoms with Crippen LogP contribution < -0.4 is 4.74 Å². The molecule has 0 radical (unpaired) electrons. The van der Waals surface area contributed by atoms with Gasteiger partial charge in [-0.2, -0.15) is 0 Å². The first-order valence-electron chi connectivity index (χ1n) is 5.84. The van der Waals surface area contributed by atoms with Crippen LogP contribution in [0.4, 0.5) is 0 Å². The lowest BCUT2D eigenvalue weighted by Crippen LogP contribution is -2.29. The molecule has 1 aliphatic rings. The minimum atomic E-state index is -3.02. The Balaban J connectivity index is 2.13. The third-order valence-corrected chi connectivity index (χ3v) is 6.86. The van der Waals surface area contributed by atoms with E-state index in [1.807, 2.05) is 26.0 Å². The highest BCUT2D eigenvalue weighted by atomic mass is 79.9. The van der Waals surface area contributed by atoms with E-state index in [-0.39, 0.29) is 6.61 Å². The molecule has 18 heavy (non-hydrogen) atoms. The van der Waals surface area contributed by atoms with Crippen molar-refractivity contribution in [3.63, 3.8) is 0 Å². The molecule has 0 atom stereocenters. The maximum absolute atomic E-state index is 11.6. The maximum Gasteiger partial charge on any atom is 0.156 e. The van der Waals surface area contributed by atoms with Crippen molar-refractivity contribution in [3.8, 4) is 5.75 Å². The van der Waals surface area contributed by atoms with Gasteiger partial charge >= 0.3 is 0 Å². The van der Waals surface area contributed by atoms with Gasteiger partial charge in [0.05, 0.1) is 0 Å². The first-order valence-corrected chi connectivity index (χ1v) is 8.53. The summed E-state index contributed by atoms with van der Waals surface area (Å²) in [6.07, 6.45) is 2.71. The van der Waals surface area contributed by atoms with E-state index in [0.29, 0.717) is 12.8 Å². The molecule has 2 rings (SSSR count). The molecule has 0 aromatic heterocycles. The molecule has 3 nitrogen and oxygen atoms in total. The summed E-state index contributed by atoms with van der Waals surface area (Å²) in [7, 11) is -3.02. The highest BCUT2D eigenvalue weighted by Crippen LogP contribution is 2.43. The third-order valence-electron chi connectivity index (χ3n) is 3.51. The summed E-state index contributed by atoms with van der Waals surface area (Å²) in [5.74, 6) is 0.739. The van der Waals surface area contributed by atoms with Crippen LogP contribution in [0.1, 0.15) is 24.0 Å². The molecule has 0 bridgehead atoms. The summed E-state index contributed by atoms with van der Waals surface area (Å²) in [5, 5.41) is 0. The van der Waals surface area contributed by atoms with Gasteiger partial charge in [0.25, 0.3) is 0 Å². The van der Waals surface area contributed by atoms with Crippen molar-refractivity contribution in [2.24, 2.45) is 0 Å². The van der Waals surface area contributed by atoms with Crippen molar-refractivity contribution in [2.75, 3.05) is 12.9 Å². The molecule has 0 N–H and O–H groups in total. The zero-order valence-electron chi connectivity index (χ0n) is 10.8. The highest BCUT2D eigenvalue weighted by Gasteiger charge is 2.53. The van der Waals surface area contributed by atoms with Gasteiger partial charge in [0.1, 0.15) is 17.1 Å². The Morgan fingerprint density at radius 2 is 1.78 bits per heavy atom. The molecule has 1 aromatic carbocycles. The second-order valence-corrected chi connectivity index (χ2v) is 8.32. The zero-order chi connectivity index (χ0) is 13.6. The van der Waals surface area contributed by atoms with Crippen molar-refractivity contribution in [1.82, 2.24) is 0 Å². The lowest BCUT2D eigenvalue weighted by Gasteiger charge is -2.15. The Bertz CT molecular complexity index is 551. The van der Waals surface area contributed by atoms with Crippen LogP contribution in [0.3, 0.4) is 0 Å². The molecule has 0 spiro atoms. The number of hydrogen-bond donors (Lipinski definition) is 0. The topological polar surface area (TPSA) is 43.4 Å². The average molecular weight is 333 g/mol. The normalized spacial score (nSPS) is 17.6. The molecular weight excluding hydrogens is 316 g/mol. The van der Waals surface area contributed by atoms with Gasteiger partial charge in [-0.3, -0.25) is 0 Å². The molecule has 100 valence electrons. The van der Waals surface area contributed by atoms with E-state index in [1.54, 1.807) is 0 Å². The lowest BCUT2D eigenvalue weighted by atomic mass is 10.1. The maximum atomic E-state index is 11.6. The molecule has 1 aromatic rings. The number of hydrogen-bond acceptors (Lipinski definition) is 3. The molecule has 1 aliphatic carbocycles. The zero-order valence-corrected chi connectivity index (χ0v) is 13.2. The quantitative estimate of drug-likeness (QED) is 0.851. The van der Waals surface area contributed by atoms with Crippen LogP contribution in [0.25, 0.3) is 0 Å². The van der Waals surface area contributed by atoms with Crippen molar-refractivity contribution in [2.45, 2.75) is 31.4 Å². The van der Waals surface area contributed by atoms with Crippen molar-refractivity contribution >= 4 is 25.8 Å². The van der Waals surface area contributed by atoms with Gasteiger partial charge in [-0.05, 0) is 49.9 Å². The third kappa shape index (κ3) is 2.57. The minimum Gasteiger partial charge on any atom is -0.492 e. The summed E-state index contributed by atoms with van der Waals surface area (Å²) >= 11 is 3.50. The Hall–Kier alpha value is -0.550. The molecule has 5 heteroatoms. The first kappa shape index (κ1) is 13.9. The largest absolute Gasteiger partial charge is 0.492 e. The van der Waals surface area contributed by atoms with E-state index in [2.05, 4.69) is 15.9 Å². The van der Waals surface area contributed by atoms with Crippen molar-refractivity contribution in [3.05, 3.63) is 27.7 Å². The average Bonchev–Trinajstić information content (AvgIpc) is 3.03. The van der Waals surface area contributed by atoms with E-state index < -0.39 is 14.6 Å². The van der Waals surface area contributed by atoms with Gasteiger partial charge in [0.15, 0.2) is 9.84 Å². The van der Waals surface area contributed by atoms with E-state index >= 15 is 0 Å². The fourth-order valence-corrected chi connectivity index (χ4v) is 3.31. The van der Waals surface area contributed by atoms with Crippen LogP contribution in [0.15, 0.2) is 16.6 Å². The number of ether oxygens (including phenoxy) is 1. The molecule has 0 aliphatic heterocycles. The number of sulfone groups is 1. The highest BCUT2D eigenvalue weighted by molar-refractivity contribution is 9.10. The Morgan fingerprint density at radius 1 is 1.28 bits per heavy atom. The van der Waals surface area contributed by atoms with Gasteiger partial charge in [0, 0.05) is 10.7 Å².